The fourth-order valence-electron chi connectivity index (χ4n) is 4.24. The van der Waals surface area contributed by atoms with Gasteiger partial charge in [0, 0.05) is 31.7 Å². The molecule has 0 aliphatic carbocycles. The molecule has 1 unspecified atom stereocenters. The van der Waals surface area contributed by atoms with Crippen molar-refractivity contribution in [2.45, 2.75) is 19.3 Å². The molecule has 1 N–H and O–H groups in total. The molecular formula is C24H24Cl2N2O3. The minimum atomic E-state index is -0.191. The molecule has 1 fully saturated rings. The van der Waals surface area contributed by atoms with Gasteiger partial charge in [-0.3, -0.25) is 9.59 Å². The Labute approximate surface area is 191 Å². The lowest BCUT2D eigenvalue weighted by atomic mass is 9.94. The number of phenols is 1. The maximum absolute atomic E-state index is 13.1. The third-order valence-corrected chi connectivity index (χ3v) is 6.72. The first kappa shape index (κ1) is 21.7. The normalized spacial score (nSPS) is 19.2. The molecule has 1 saturated heterocycles. The summed E-state index contributed by atoms with van der Waals surface area (Å²) in [5.41, 5.74) is 2.74. The highest BCUT2D eigenvalue weighted by atomic mass is 35.5. The van der Waals surface area contributed by atoms with Crippen LogP contribution in [-0.4, -0.2) is 52.9 Å². The van der Waals surface area contributed by atoms with Crippen molar-refractivity contribution < 1.29 is 14.7 Å². The van der Waals surface area contributed by atoms with Gasteiger partial charge in [0.2, 0.25) is 5.91 Å². The number of amides is 2. The van der Waals surface area contributed by atoms with Gasteiger partial charge in [0.05, 0.1) is 16.0 Å². The molecule has 2 aromatic rings. The molecule has 2 amide bonds. The van der Waals surface area contributed by atoms with Crippen LogP contribution in [0.5, 0.6) is 5.75 Å². The van der Waals surface area contributed by atoms with Crippen molar-refractivity contribution in [2.75, 3.05) is 26.2 Å². The van der Waals surface area contributed by atoms with Crippen LogP contribution in [0.15, 0.2) is 48.5 Å². The number of phenolic OH excluding ortho intramolecular Hbond substituents is 1. The van der Waals surface area contributed by atoms with E-state index in [-0.39, 0.29) is 23.5 Å². The van der Waals surface area contributed by atoms with E-state index in [2.05, 4.69) is 6.08 Å². The van der Waals surface area contributed by atoms with Crippen molar-refractivity contribution in [3.05, 3.63) is 69.7 Å². The molecule has 7 heteroatoms. The lowest BCUT2D eigenvalue weighted by Gasteiger charge is -2.36. The Morgan fingerprint density at radius 3 is 2.42 bits per heavy atom. The Morgan fingerprint density at radius 1 is 0.968 bits per heavy atom. The Kier molecular flexibility index (Phi) is 6.54. The summed E-state index contributed by atoms with van der Waals surface area (Å²) in [6.45, 7) is 2.27. The van der Waals surface area contributed by atoms with Gasteiger partial charge in [0.1, 0.15) is 5.75 Å². The standard InChI is InChI=1S/C24H24Cl2N2O3/c25-21-8-5-18(14-22(21)26)23(30)28-11-1-2-19(15-28)24(31)27-12-9-17(10-13-27)16-3-6-20(29)7-4-16/h3-9,14,19,29H,1-2,10-13,15H2. The summed E-state index contributed by atoms with van der Waals surface area (Å²) in [4.78, 5) is 29.7. The molecule has 5 nitrogen and oxygen atoms in total. The Hall–Kier alpha value is -2.50. The van der Waals surface area contributed by atoms with E-state index in [9.17, 15) is 14.7 Å². The zero-order chi connectivity index (χ0) is 22.0. The molecule has 0 radical (unpaired) electrons. The van der Waals surface area contributed by atoms with Crippen molar-refractivity contribution in [1.29, 1.82) is 0 Å². The largest absolute Gasteiger partial charge is 0.508 e. The highest BCUT2D eigenvalue weighted by Crippen LogP contribution is 2.28. The second kappa shape index (κ2) is 9.33. The monoisotopic (exact) mass is 458 g/mol. The number of rotatable bonds is 3. The van der Waals surface area contributed by atoms with Gasteiger partial charge in [-0.1, -0.05) is 41.4 Å². The van der Waals surface area contributed by atoms with Gasteiger partial charge in [-0.25, -0.2) is 0 Å². The summed E-state index contributed by atoms with van der Waals surface area (Å²) in [6.07, 6.45) is 4.44. The summed E-state index contributed by atoms with van der Waals surface area (Å²) in [5.74, 6) is 0.0372. The summed E-state index contributed by atoms with van der Waals surface area (Å²) in [7, 11) is 0. The second-order valence-electron chi connectivity index (χ2n) is 8.03. The van der Waals surface area contributed by atoms with Crippen molar-refractivity contribution in [2.24, 2.45) is 5.92 Å². The van der Waals surface area contributed by atoms with Crippen molar-refractivity contribution in [3.63, 3.8) is 0 Å². The van der Waals surface area contributed by atoms with E-state index in [1.54, 1.807) is 35.2 Å². The number of nitrogens with zero attached hydrogens (tertiary/aromatic N) is 2. The summed E-state index contributed by atoms with van der Waals surface area (Å²) < 4.78 is 0. The molecule has 0 bridgehead atoms. The molecule has 2 aliphatic heterocycles. The number of hydrogen-bond donors (Lipinski definition) is 1. The minimum absolute atomic E-state index is 0.104. The van der Waals surface area contributed by atoms with Crippen LogP contribution >= 0.6 is 23.2 Å². The first-order chi connectivity index (χ1) is 14.9. The number of carbonyl (C=O) groups excluding carboxylic acids is 2. The molecule has 0 aromatic heterocycles. The van der Waals surface area contributed by atoms with Crippen molar-refractivity contribution in [3.8, 4) is 5.75 Å². The van der Waals surface area contributed by atoms with Crippen LogP contribution in [-0.2, 0) is 4.79 Å². The van der Waals surface area contributed by atoms with Crippen LogP contribution in [0.4, 0.5) is 0 Å². The molecule has 1 atom stereocenters. The molecule has 162 valence electrons. The molecular weight excluding hydrogens is 435 g/mol. The summed E-state index contributed by atoms with van der Waals surface area (Å²) in [5, 5.41) is 10.2. The highest BCUT2D eigenvalue weighted by molar-refractivity contribution is 6.42. The van der Waals surface area contributed by atoms with Crippen LogP contribution in [0, 0.1) is 5.92 Å². The first-order valence-electron chi connectivity index (χ1n) is 10.4. The summed E-state index contributed by atoms with van der Waals surface area (Å²) >= 11 is 12.0. The maximum atomic E-state index is 13.1. The quantitative estimate of drug-likeness (QED) is 0.713. The SMILES string of the molecule is O=C(c1ccc(Cl)c(Cl)c1)N1CCCC(C(=O)N2CC=C(c3ccc(O)cc3)CC2)C1. The van der Waals surface area contributed by atoms with E-state index in [1.807, 2.05) is 17.0 Å². The van der Waals surface area contributed by atoms with E-state index in [0.717, 1.165) is 24.8 Å². The van der Waals surface area contributed by atoms with Gasteiger partial charge in [-0.2, -0.15) is 0 Å². The van der Waals surface area contributed by atoms with Gasteiger partial charge in [-0.15, -0.1) is 0 Å². The lowest BCUT2D eigenvalue weighted by Crippen LogP contribution is -2.47. The molecule has 4 rings (SSSR count). The van der Waals surface area contributed by atoms with Gasteiger partial charge >= 0.3 is 0 Å². The van der Waals surface area contributed by atoms with E-state index >= 15 is 0 Å². The molecule has 2 heterocycles. The van der Waals surface area contributed by atoms with Gasteiger partial charge in [0.25, 0.3) is 5.91 Å². The first-order valence-corrected chi connectivity index (χ1v) is 11.2. The Balaban J connectivity index is 1.39. The highest BCUT2D eigenvalue weighted by Gasteiger charge is 2.32. The molecule has 2 aliphatic rings. The van der Waals surface area contributed by atoms with Crippen molar-refractivity contribution in [1.82, 2.24) is 9.80 Å². The number of piperidine rings is 1. The number of halogens is 2. The summed E-state index contributed by atoms with van der Waals surface area (Å²) in [6, 6.07) is 12.0. The number of aromatic hydroxyl groups is 1. The van der Waals surface area contributed by atoms with Gasteiger partial charge in [-0.05, 0) is 60.7 Å². The molecule has 0 saturated carbocycles. The van der Waals surface area contributed by atoms with Crippen molar-refractivity contribution >= 4 is 40.6 Å². The van der Waals surface area contributed by atoms with Crippen LogP contribution in [0.2, 0.25) is 10.0 Å². The number of benzene rings is 2. The molecule has 31 heavy (non-hydrogen) atoms. The number of likely N-dealkylation sites (tertiary alicyclic amines) is 1. The zero-order valence-corrected chi connectivity index (χ0v) is 18.6. The fraction of sp³-hybridized carbons (Fsp3) is 0.333. The third-order valence-electron chi connectivity index (χ3n) is 5.98. The number of carbonyl (C=O) groups is 2. The number of hydrogen-bond acceptors (Lipinski definition) is 3. The molecule has 0 spiro atoms. The van der Waals surface area contributed by atoms with Crippen LogP contribution in [0.1, 0.15) is 35.2 Å². The van der Waals surface area contributed by atoms with Crippen LogP contribution in [0.25, 0.3) is 5.57 Å². The van der Waals surface area contributed by atoms with Gasteiger partial charge in [0.15, 0.2) is 0 Å². The average molecular weight is 459 g/mol. The van der Waals surface area contributed by atoms with E-state index < -0.39 is 0 Å². The molecule has 2 aromatic carbocycles. The Bertz CT molecular complexity index is 1020. The average Bonchev–Trinajstić information content (AvgIpc) is 2.80. The van der Waals surface area contributed by atoms with E-state index in [1.165, 1.54) is 5.57 Å². The zero-order valence-electron chi connectivity index (χ0n) is 17.1. The van der Waals surface area contributed by atoms with Gasteiger partial charge < -0.3 is 14.9 Å². The maximum Gasteiger partial charge on any atom is 0.253 e. The predicted molar refractivity (Wildman–Crippen MR) is 122 cm³/mol. The van der Waals surface area contributed by atoms with Crippen LogP contribution < -0.4 is 0 Å². The fourth-order valence-corrected chi connectivity index (χ4v) is 4.54. The lowest BCUT2D eigenvalue weighted by molar-refractivity contribution is -0.136. The smallest absolute Gasteiger partial charge is 0.253 e. The minimum Gasteiger partial charge on any atom is -0.508 e. The predicted octanol–water partition coefficient (Wildman–Crippen LogP) is 4.87. The van der Waals surface area contributed by atoms with E-state index in [0.29, 0.717) is 41.8 Å². The third kappa shape index (κ3) is 4.89. The second-order valence-corrected chi connectivity index (χ2v) is 8.84. The van der Waals surface area contributed by atoms with E-state index in [4.69, 9.17) is 23.2 Å². The topological polar surface area (TPSA) is 60.9 Å². The Morgan fingerprint density at radius 2 is 1.74 bits per heavy atom. The van der Waals surface area contributed by atoms with Crippen LogP contribution in [0.3, 0.4) is 0 Å².